The molecule has 0 atom stereocenters. The van der Waals surface area contributed by atoms with E-state index in [2.05, 4.69) is 29.8 Å². The molecule has 0 aliphatic carbocycles. The highest BCUT2D eigenvalue weighted by atomic mass is 79.9. The van der Waals surface area contributed by atoms with Gasteiger partial charge in [-0.1, -0.05) is 29.8 Å². The van der Waals surface area contributed by atoms with E-state index in [0.717, 1.165) is 27.1 Å². The van der Waals surface area contributed by atoms with Gasteiger partial charge >= 0.3 is 5.97 Å². The third kappa shape index (κ3) is 3.03. The van der Waals surface area contributed by atoms with Crippen LogP contribution in [0.25, 0.3) is 0 Å². The lowest BCUT2D eigenvalue weighted by Gasteiger charge is -2.26. The topological polar surface area (TPSA) is 55.8 Å². The van der Waals surface area contributed by atoms with Crippen molar-refractivity contribution in [1.82, 2.24) is 0 Å². The van der Waals surface area contributed by atoms with Crippen LogP contribution in [-0.2, 0) is 11.2 Å². The fourth-order valence-electron chi connectivity index (χ4n) is 2.31. The van der Waals surface area contributed by atoms with Gasteiger partial charge in [0.2, 0.25) is 0 Å². The predicted molar refractivity (Wildman–Crippen MR) is 75.2 cm³/mol. The number of hydrogen-bond acceptors (Lipinski definition) is 3. The number of carbonyl (C=O) groups is 1. The van der Waals surface area contributed by atoms with Gasteiger partial charge in [0.25, 0.3) is 0 Å². The molecule has 0 saturated heterocycles. The van der Waals surface area contributed by atoms with Crippen molar-refractivity contribution in [3.8, 4) is 11.5 Å². The van der Waals surface area contributed by atoms with Crippen molar-refractivity contribution < 1.29 is 19.4 Å². The summed E-state index contributed by atoms with van der Waals surface area (Å²) in [6.07, 6.45) is 0.595. The van der Waals surface area contributed by atoms with Gasteiger partial charge in [0.1, 0.15) is 13.2 Å². The Labute approximate surface area is 120 Å². The molecule has 0 bridgehead atoms. The highest BCUT2D eigenvalue weighted by molar-refractivity contribution is 9.10. The van der Waals surface area contributed by atoms with Crippen LogP contribution in [0.3, 0.4) is 0 Å². The van der Waals surface area contributed by atoms with Gasteiger partial charge in [0, 0.05) is 16.5 Å². The zero-order valence-electron chi connectivity index (χ0n) is 11.0. The van der Waals surface area contributed by atoms with Crippen LogP contribution in [0, 0.1) is 0 Å². The summed E-state index contributed by atoms with van der Waals surface area (Å²) in [5.74, 6) is 0.957. The molecule has 4 nitrogen and oxygen atoms in total. The normalized spacial score (nSPS) is 13.7. The van der Waals surface area contributed by atoms with Crippen LogP contribution in [0.4, 0.5) is 0 Å². The molecule has 0 amide bonds. The molecule has 0 unspecified atom stereocenters. The lowest BCUT2D eigenvalue weighted by molar-refractivity contribution is -0.136. The number of ether oxygens (including phenoxy) is 2. The Morgan fingerprint density at radius 2 is 2.11 bits per heavy atom. The molecule has 0 radical (unpaired) electrons. The smallest absolute Gasteiger partial charge is 0.303 e. The first kappa shape index (κ1) is 14.2. The molecule has 1 aliphatic heterocycles. The number of carboxylic acid groups (broad SMARTS) is 1. The van der Waals surface area contributed by atoms with E-state index in [-0.39, 0.29) is 12.3 Å². The van der Waals surface area contributed by atoms with Gasteiger partial charge in [0.05, 0.1) is 0 Å². The Kier molecular flexibility index (Phi) is 4.34. The second-order valence-corrected chi connectivity index (χ2v) is 5.68. The van der Waals surface area contributed by atoms with E-state index in [9.17, 15) is 4.79 Å². The number of hydrogen-bond donors (Lipinski definition) is 1. The fourth-order valence-corrected chi connectivity index (χ4v) is 2.93. The molecule has 0 saturated carbocycles. The first-order valence-corrected chi connectivity index (χ1v) is 7.12. The van der Waals surface area contributed by atoms with Crippen LogP contribution in [0.2, 0.25) is 0 Å². The molecule has 2 rings (SSSR count). The minimum atomic E-state index is -0.795. The lowest BCUT2D eigenvalue weighted by Crippen LogP contribution is -2.18. The van der Waals surface area contributed by atoms with Crippen molar-refractivity contribution in [3.63, 3.8) is 0 Å². The summed E-state index contributed by atoms with van der Waals surface area (Å²) in [6.45, 7) is 5.23. The Balaban J connectivity index is 2.48. The molecule has 104 valence electrons. The molecule has 1 heterocycles. The lowest BCUT2D eigenvalue weighted by atomic mass is 9.92. The number of carboxylic acids is 1. The third-order valence-corrected chi connectivity index (χ3v) is 3.80. The summed E-state index contributed by atoms with van der Waals surface area (Å²) in [5.41, 5.74) is 2.05. The average Bonchev–Trinajstić information content (AvgIpc) is 2.35. The highest BCUT2D eigenvalue weighted by Gasteiger charge is 2.24. The number of fused-ring (bicyclic) bond motifs is 1. The standard InChI is InChI=1S/C14H17BrO4/c1-8(2)13-9(3-4-12(16)17)10(15)7-11-14(13)19-6-5-18-11/h7-8H,3-6H2,1-2H3,(H,16,17). The van der Waals surface area contributed by atoms with E-state index in [1.165, 1.54) is 0 Å². The molecule has 1 aromatic carbocycles. The van der Waals surface area contributed by atoms with E-state index >= 15 is 0 Å². The molecule has 1 aliphatic rings. The first-order valence-electron chi connectivity index (χ1n) is 6.33. The second-order valence-electron chi connectivity index (χ2n) is 4.82. The molecular weight excluding hydrogens is 312 g/mol. The minimum Gasteiger partial charge on any atom is -0.486 e. The van der Waals surface area contributed by atoms with Gasteiger partial charge < -0.3 is 14.6 Å². The summed E-state index contributed by atoms with van der Waals surface area (Å²) < 4.78 is 12.2. The van der Waals surface area contributed by atoms with Crippen molar-refractivity contribution >= 4 is 21.9 Å². The van der Waals surface area contributed by atoms with Gasteiger partial charge in [-0.05, 0) is 24.0 Å². The Hall–Kier alpha value is -1.23. The van der Waals surface area contributed by atoms with E-state index in [0.29, 0.717) is 19.6 Å². The van der Waals surface area contributed by atoms with Crippen LogP contribution in [0.15, 0.2) is 10.5 Å². The van der Waals surface area contributed by atoms with Gasteiger partial charge in [-0.3, -0.25) is 4.79 Å². The SMILES string of the molecule is CC(C)c1c(CCC(=O)O)c(Br)cc2c1OCCO2. The summed E-state index contributed by atoms with van der Waals surface area (Å²) >= 11 is 3.52. The van der Waals surface area contributed by atoms with E-state index in [1.807, 2.05) is 6.07 Å². The van der Waals surface area contributed by atoms with Crippen molar-refractivity contribution in [2.45, 2.75) is 32.6 Å². The summed E-state index contributed by atoms with van der Waals surface area (Å²) in [5, 5.41) is 8.86. The highest BCUT2D eigenvalue weighted by Crippen LogP contribution is 2.43. The summed E-state index contributed by atoms with van der Waals surface area (Å²) in [7, 11) is 0. The second kappa shape index (κ2) is 5.82. The maximum Gasteiger partial charge on any atom is 0.303 e. The first-order chi connectivity index (χ1) is 9.00. The zero-order valence-corrected chi connectivity index (χ0v) is 12.6. The van der Waals surface area contributed by atoms with Crippen LogP contribution in [0.1, 0.15) is 37.3 Å². The Morgan fingerprint density at radius 3 is 2.74 bits per heavy atom. The van der Waals surface area contributed by atoms with E-state index in [4.69, 9.17) is 14.6 Å². The third-order valence-electron chi connectivity index (χ3n) is 3.09. The Morgan fingerprint density at radius 1 is 1.42 bits per heavy atom. The quantitative estimate of drug-likeness (QED) is 0.920. The molecule has 0 fully saturated rings. The molecule has 0 aromatic heterocycles. The van der Waals surface area contributed by atoms with Crippen LogP contribution in [0.5, 0.6) is 11.5 Å². The largest absolute Gasteiger partial charge is 0.486 e. The predicted octanol–water partition coefficient (Wildman–Crippen LogP) is 3.36. The van der Waals surface area contributed by atoms with Crippen LogP contribution < -0.4 is 9.47 Å². The monoisotopic (exact) mass is 328 g/mol. The minimum absolute atomic E-state index is 0.109. The van der Waals surface area contributed by atoms with Crippen LogP contribution in [-0.4, -0.2) is 24.3 Å². The molecule has 1 N–H and O–H groups in total. The van der Waals surface area contributed by atoms with Crippen LogP contribution >= 0.6 is 15.9 Å². The van der Waals surface area contributed by atoms with E-state index in [1.54, 1.807) is 0 Å². The molecular formula is C14H17BrO4. The number of benzene rings is 1. The molecule has 1 aromatic rings. The number of aliphatic carboxylic acids is 1. The zero-order chi connectivity index (χ0) is 14.0. The van der Waals surface area contributed by atoms with E-state index < -0.39 is 5.97 Å². The van der Waals surface area contributed by atoms with Crippen molar-refractivity contribution in [2.75, 3.05) is 13.2 Å². The fraction of sp³-hybridized carbons (Fsp3) is 0.500. The van der Waals surface area contributed by atoms with Crippen molar-refractivity contribution in [1.29, 1.82) is 0 Å². The molecule has 0 spiro atoms. The maximum absolute atomic E-state index is 10.8. The maximum atomic E-state index is 10.8. The van der Waals surface area contributed by atoms with Gasteiger partial charge in [-0.25, -0.2) is 0 Å². The summed E-state index contributed by atoms with van der Waals surface area (Å²) in [4.78, 5) is 10.8. The van der Waals surface area contributed by atoms with Gasteiger partial charge in [0.15, 0.2) is 11.5 Å². The number of halogens is 1. The molecule has 5 heteroatoms. The van der Waals surface area contributed by atoms with Crippen molar-refractivity contribution in [3.05, 3.63) is 21.7 Å². The van der Waals surface area contributed by atoms with Gasteiger partial charge in [-0.15, -0.1) is 0 Å². The average molecular weight is 329 g/mol. The molecule has 19 heavy (non-hydrogen) atoms. The van der Waals surface area contributed by atoms with Crippen molar-refractivity contribution in [2.24, 2.45) is 0 Å². The van der Waals surface area contributed by atoms with Gasteiger partial charge in [-0.2, -0.15) is 0 Å². The Bertz CT molecular complexity index is 497. The summed E-state index contributed by atoms with van der Waals surface area (Å²) in [6, 6.07) is 1.87. The number of rotatable bonds is 4.